The van der Waals surface area contributed by atoms with E-state index >= 15 is 0 Å². The molecule has 3 aromatic rings. The van der Waals surface area contributed by atoms with Crippen molar-refractivity contribution in [2.75, 3.05) is 12.4 Å². The number of halogens is 1. The van der Waals surface area contributed by atoms with Gasteiger partial charge in [-0.2, -0.15) is 0 Å². The topological polar surface area (TPSA) is 38.3 Å². The Morgan fingerprint density at radius 3 is 2.19 bits per heavy atom. The zero-order valence-electron chi connectivity index (χ0n) is 15.4. The molecule has 0 aliphatic carbocycles. The second kappa shape index (κ2) is 8.87. The molecule has 0 saturated heterocycles. The van der Waals surface area contributed by atoms with E-state index in [0.29, 0.717) is 12.0 Å². The Morgan fingerprint density at radius 2 is 1.59 bits per heavy atom. The fraction of sp³-hybridized carbons (Fsp3) is 0.174. The predicted molar refractivity (Wildman–Crippen MR) is 114 cm³/mol. The van der Waals surface area contributed by atoms with E-state index in [1.807, 2.05) is 60.7 Å². The summed E-state index contributed by atoms with van der Waals surface area (Å²) >= 11 is 3.41. The standard InChI is InChI=1S/C23H22BrNO2/c1-16-3-11-20(12-4-16)25-22(17-7-13-21(27-2)14-8-17)15-23(26)18-5-9-19(24)10-6-18/h3-14,22,25H,15H2,1-2H3. The SMILES string of the molecule is COc1ccc(C(CC(=O)c2ccc(Br)cc2)Nc2ccc(C)cc2)cc1. The van der Waals surface area contributed by atoms with Gasteiger partial charge >= 0.3 is 0 Å². The summed E-state index contributed by atoms with van der Waals surface area (Å²) in [6, 6.07) is 23.4. The molecule has 0 fully saturated rings. The third-order valence-electron chi connectivity index (χ3n) is 4.47. The maximum atomic E-state index is 12.8. The number of carbonyl (C=O) groups is 1. The Labute approximate surface area is 168 Å². The molecule has 0 amide bonds. The predicted octanol–water partition coefficient (Wildman–Crippen LogP) is 6.19. The molecule has 0 radical (unpaired) electrons. The molecule has 0 saturated carbocycles. The van der Waals surface area contributed by atoms with Crippen molar-refractivity contribution in [1.29, 1.82) is 0 Å². The third kappa shape index (κ3) is 5.20. The van der Waals surface area contributed by atoms with Gasteiger partial charge in [0, 0.05) is 22.1 Å². The molecule has 1 N–H and O–H groups in total. The smallest absolute Gasteiger partial charge is 0.165 e. The summed E-state index contributed by atoms with van der Waals surface area (Å²) in [6.45, 7) is 2.06. The van der Waals surface area contributed by atoms with E-state index in [9.17, 15) is 4.79 Å². The van der Waals surface area contributed by atoms with Crippen molar-refractivity contribution in [3.05, 3.63) is 94.0 Å². The first-order valence-corrected chi connectivity index (χ1v) is 9.60. The van der Waals surface area contributed by atoms with Gasteiger partial charge in [0.15, 0.2) is 5.78 Å². The molecule has 3 nitrogen and oxygen atoms in total. The van der Waals surface area contributed by atoms with Crippen molar-refractivity contribution in [2.45, 2.75) is 19.4 Å². The van der Waals surface area contributed by atoms with Gasteiger partial charge in [-0.1, -0.05) is 57.9 Å². The zero-order chi connectivity index (χ0) is 19.2. The van der Waals surface area contributed by atoms with Gasteiger partial charge in [0.05, 0.1) is 13.2 Å². The molecule has 0 bridgehead atoms. The summed E-state index contributed by atoms with van der Waals surface area (Å²) in [7, 11) is 1.65. The van der Waals surface area contributed by atoms with Crippen LogP contribution < -0.4 is 10.1 Å². The number of Topliss-reactive ketones (excluding diaryl/α,β-unsaturated/α-hetero) is 1. The molecule has 0 aromatic heterocycles. The number of aryl methyl sites for hydroxylation is 1. The van der Waals surface area contributed by atoms with Gasteiger partial charge in [-0.3, -0.25) is 4.79 Å². The van der Waals surface area contributed by atoms with E-state index in [0.717, 1.165) is 21.5 Å². The average Bonchev–Trinajstić information content (AvgIpc) is 2.69. The number of nitrogens with one attached hydrogen (secondary N) is 1. The van der Waals surface area contributed by atoms with Crippen molar-refractivity contribution < 1.29 is 9.53 Å². The monoisotopic (exact) mass is 423 g/mol. The number of methoxy groups -OCH3 is 1. The largest absolute Gasteiger partial charge is 0.497 e. The molecule has 0 heterocycles. The van der Waals surface area contributed by atoms with E-state index in [4.69, 9.17) is 4.74 Å². The highest BCUT2D eigenvalue weighted by Gasteiger charge is 2.17. The molecule has 3 rings (SSSR count). The Balaban J connectivity index is 1.84. The lowest BCUT2D eigenvalue weighted by Gasteiger charge is -2.20. The van der Waals surface area contributed by atoms with Gasteiger partial charge in [0.1, 0.15) is 5.75 Å². The van der Waals surface area contributed by atoms with Gasteiger partial charge in [-0.25, -0.2) is 0 Å². The minimum absolute atomic E-state index is 0.0999. The number of ketones is 1. The first-order chi connectivity index (χ1) is 13.0. The minimum Gasteiger partial charge on any atom is -0.497 e. The van der Waals surface area contributed by atoms with Crippen molar-refractivity contribution in [3.8, 4) is 5.75 Å². The van der Waals surface area contributed by atoms with Crippen LogP contribution in [0, 0.1) is 6.92 Å². The number of carbonyl (C=O) groups excluding carboxylic acids is 1. The van der Waals surface area contributed by atoms with Gasteiger partial charge in [0.2, 0.25) is 0 Å². The van der Waals surface area contributed by atoms with E-state index in [1.165, 1.54) is 5.56 Å². The summed E-state index contributed by atoms with van der Waals surface area (Å²) in [6.07, 6.45) is 0.363. The summed E-state index contributed by atoms with van der Waals surface area (Å²) in [5.41, 5.74) is 3.95. The molecule has 0 aliphatic heterocycles. The molecule has 4 heteroatoms. The number of hydrogen-bond acceptors (Lipinski definition) is 3. The van der Waals surface area contributed by atoms with Crippen LogP contribution in [0.25, 0.3) is 0 Å². The normalized spacial score (nSPS) is 11.7. The van der Waals surface area contributed by atoms with Crippen molar-refractivity contribution in [3.63, 3.8) is 0 Å². The van der Waals surface area contributed by atoms with Crippen LogP contribution in [0.2, 0.25) is 0 Å². The first kappa shape index (κ1) is 19.2. The molecule has 0 spiro atoms. The molecular weight excluding hydrogens is 402 g/mol. The van der Waals surface area contributed by atoms with Crippen LogP contribution in [0.15, 0.2) is 77.3 Å². The summed E-state index contributed by atoms with van der Waals surface area (Å²) in [5, 5.41) is 3.50. The maximum Gasteiger partial charge on any atom is 0.165 e. The van der Waals surface area contributed by atoms with Gasteiger partial charge in [-0.15, -0.1) is 0 Å². The number of anilines is 1. The highest BCUT2D eigenvalue weighted by Crippen LogP contribution is 2.27. The van der Waals surface area contributed by atoms with Crippen LogP contribution in [0.1, 0.15) is 33.9 Å². The fourth-order valence-electron chi connectivity index (χ4n) is 2.88. The van der Waals surface area contributed by atoms with E-state index < -0.39 is 0 Å². The Morgan fingerprint density at radius 1 is 0.963 bits per heavy atom. The van der Waals surface area contributed by atoms with E-state index in [2.05, 4.69) is 40.3 Å². The van der Waals surface area contributed by atoms with Crippen LogP contribution in [0.5, 0.6) is 5.75 Å². The van der Waals surface area contributed by atoms with Crippen LogP contribution in [0.4, 0.5) is 5.69 Å². The van der Waals surface area contributed by atoms with Gasteiger partial charge in [-0.05, 0) is 48.9 Å². The first-order valence-electron chi connectivity index (χ1n) is 8.81. The quantitative estimate of drug-likeness (QED) is 0.460. The summed E-state index contributed by atoms with van der Waals surface area (Å²) in [4.78, 5) is 12.8. The Bertz CT molecular complexity index is 887. The lowest BCUT2D eigenvalue weighted by molar-refractivity contribution is 0.0976. The van der Waals surface area contributed by atoms with E-state index in [-0.39, 0.29) is 11.8 Å². The van der Waals surface area contributed by atoms with Gasteiger partial charge in [0.25, 0.3) is 0 Å². The van der Waals surface area contributed by atoms with E-state index in [1.54, 1.807) is 7.11 Å². The third-order valence-corrected chi connectivity index (χ3v) is 5.00. The molecule has 3 aromatic carbocycles. The van der Waals surface area contributed by atoms with Crippen LogP contribution >= 0.6 is 15.9 Å². The Kier molecular flexibility index (Phi) is 6.30. The Hall–Kier alpha value is -2.59. The van der Waals surface area contributed by atoms with Crippen LogP contribution in [0.3, 0.4) is 0 Å². The van der Waals surface area contributed by atoms with Crippen molar-refractivity contribution in [1.82, 2.24) is 0 Å². The number of hydrogen-bond donors (Lipinski definition) is 1. The number of rotatable bonds is 7. The second-order valence-electron chi connectivity index (χ2n) is 6.47. The molecule has 1 atom stereocenters. The highest BCUT2D eigenvalue weighted by molar-refractivity contribution is 9.10. The second-order valence-corrected chi connectivity index (χ2v) is 7.39. The van der Waals surface area contributed by atoms with Crippen LogP contribution in [-0.4, -0.2) is 12.9 Å². The zero-order valence-corrected chi connectivity index (χ0v) is 17.0. The summed E-state index contributed by atoms with van der Waals surface area (Å²) < 4.78 is 6.21. The number of benzene rings is 3. The molecule has 0 aliphatic rings. The highest BCUT2D eigenvalue weighted by atomic mass is 79.9. The van der Waals surface area contributed by atoms with Crippen LogP contribution in [-0.2, 0) is 0 Å². The van der Waals surface area contributed by atoms with Crippen molar-refractivity contribution >= 4 is 27.4 Å². The average molecular weight is 424 g/mol. The minimum atomic E-state index is -0.130. The van der Waals surface area contributed by atoms with Gasteiger partial charge < -0.3 is 10.1 Å². The lowest BCUT2D eigenvalue weighted by atomic mass is 9.97. The molecule has 138 valence electrons. The fourth-order valence-corrected chi connectivity index (χ4v) is 3.14. The summed E-state index contributed by atoms with van der Waals surface area (Å²) in [5.74, 6) is 0.898. The molecule has 27 heavy (non-hydrogen) atoms. The van der Waals surface area contributed by atoms with Crippen molar-refractivity contribution in [2.24, 2.45) is 0 Å². The molecule has 1 unspecified atom stereocenters. The molecular formula is C23H22BrNO2. The number of ether oxygens (including phenoxy) is 1. The lowest BCUT2D eigenvalue weighted by Crippen LogP contribution is -2.16. The maximum absolute atomic E-state index is 12.8.